The Morgan fingerprint density at radius 3 is 2.72 bits per heavy atom. The highest BCUT2D eigenvalue weighted by Gasteiger charge is 2.19. The van der Waals surface area contributed by atoms with Gasteiger partial charge in [0.1, 0.15) is 5.75 Å². The molecule has 0 bridgehead atoms. The molecule has 0 aromatic heterocycles. The van der Waals surface area contributed by atoms with Crippen molar-refractivity contribution in [1.82, 2.24) is 5.43 Å². The highest BCUT2D eigenvalue weighted by molar-refractivity contribution is 5.97. The fraction of sp³-hybridized carbons (Fsp3) is 0.125. The van der Waals surface area contributed by atoms with E-state index in [2.05, 4.69) is 10.5 Å². The van der Waals surface area contributed by atoms with Crippen LogP contribution in [0.4, 0.5) is 5.69 Å². The number of nitrogens with one attached hydrogen (secondary N) is 1. The molecule has 0 saturated heterocycles. The maximum absolute atomic E-state index is 11.9. The Bertz CT molecular complexity index is 835. The van der Waals surface area contributed by atoms with Crippen LogP contribution < -0.4 is 10.2 Å². The van der Waals surface area contributed by atoms with E-state index in [1.165, 1.54) is 18.2 Å². The number of nitro groups is 1. The van der Waals surface area contributed by atoms with Gasteiger partial charge in [-0.05, 0) is 25.1 Å². The third-order valence-electron chi connectivity index (χ3n) is 3.10. The van der Waals surface area contributed by atoms with Gasteiger partial charge in [-0.3, -0.25) is 14.9 Å². The van der Waals surface area contributed by atoms with Crippen molar-refractivity contribution in [2.24, 2.45) is 5.10 Å². The lowest BCUT2D eigenvalue weighted by Gasteiger charge is -2.07. The van der Waals surface area contributed by atoms with E-state index in [-0.39, 0.29) is 29.2 Å². The van der Waals surface area contributed by atoms with Crippen LogP contribution >= 0.6 is 0 Å². The number of ether oxygens (including phenoxy) is 1. The Balaban J connectivity index is 2.21. The SMILES string of the molecule is CCOc1cc(C=NNC(=O)c2ccccc2O)cc([N+](=O)[O-])c1O. The van der Waals surface area contributed by atoms with E-state index < -0.39 is 22.3 Å². The second-order valence-electron chi connectivity index (χ2n) is 4.79. The topological polar surface area (TPSA) is 134 Å². The van der Waals surface area contributed by atoms with Crippen molar-refractivity contribution in [3.8, 4) is 17.2 Å². The van der Waals surface area contributed by atoms with Crippen LogP contribution in [0.3, 0.4) is 0 Å². The molecule has 9 nitrogen and oxygen atoms in total. The average molecular weight is 345 g/mol. The molecular weight excluding hydrogens is 330 g/mol. The molecule has 9 heteroatoms. The molecule has 1 amide bonds. The number of aromatic hydroxyl groups is 2. The summed E-state index contributed by atoms with van der Waals surface area (Å²) in [6.45, 7) is 1.87. The molecule has 0 aliphatic rings. The van der Waals surface area contributed by atoms with Crippen LogP contribution in [-0.2, 0) is 0 Å². The lowest BCUT2D eigenvalue weighted by Crippen LogP contribution is -2.17. The van der Waals surface area contributed by atoms with Crippen LogP contribution in [0.1, 0.15) is 22.8 Å². The van der Waals surface area contributed by atoms with Crippen molar-refractivity contribution in [3.05, 3.63) is 57.6 Å². The summed E-state index contributed by atoms with van der Waals surface area (Å²) in [5, 5.41) is 34.1. The Kier molecular flexibility index (Phi) is 5.51. The summed E-state index contributed by atoms with van der Waals surface area (Å²) in [5.74, 6) is -1.49. The highest BCUT2D eigenvalue weighted by atomic mass is 16.6. The number of rotatable bonds is 6. The molecule has 0 radical (unpaired) electrons. The Hall–Kier alpha value is -3.62. The molecule has 0 atom stereocenters. The highest BCUT2D eigenvalue weighted by Crippen LogP contribution is 2.36. The summed E-state index contributed by atoms with van der Waals surface area (Å²) in [6, 6.07) is 8.36. The van der Waals surface area contributed by atoms with E-state index >= 15 is 0 Å². The number of hydrogen-bond acceptors (Lipinski definition) is 7. The van der Waals surface area contributed by atoms with Gasteiger partial charge in [-0.1, -0.05) is 12.1 Å². The summed E-state index contributed by atoms with van der Waals surface area (Å²) in [6.07, 6.45) is 1.16. The fourth-order valence-electron chi connectivity index (χ4n) is 1.98. The number of nitrogens with zero attached hydrogens (tertiary/aromatic N) is 2. The predicted molar refractivity (Wildman–Crippen MR) is 89.1 cm³/mol. The van der Waals surface area contributed by atoms with Crippen LogP contribution in [0.2, 0.25) is 0 Å². The summed E-state index contributed by atoms with van der Waals surface area (Å²) < 4.78 is 5.14. The van der Waals surface area contributed by atoms with E-state index in [4.69, 9.17) is 4.74 Å². The zero-order valence-electron chi connectivity index (χ0n) is 13.2. The lowest BCUT2D eigenvalue weighted by molar-refractivity contribution is -0.386. The first-order valence-corrected chi connectivity index (χ1v) is 7.19. The molecule has 3 N–H and O–H groups in total. The number of amides is 1. The molecule has 25 heavy (non-hydrogen) atoms. The normalized spacial score (nSPS) is 10.6. The van der Waals surface area contributed by atoms with Crippen molar-refractivity contribution in [3.63, 3.8) is 0 Å². The first kappa shape index (κ1) is 17.7. The zero-order valence-corrected chi connectivity index (χ0v) is 13.2. The fourth-order valence-corrected chi connectivity index (χ4v) is 1.98. The average Bonchev–Trinajstić information content (AvgIpc) is 2.57. The van der Waals surface area contributed by atoms with Crippen LogP contribution in [0.15, 0.2) is 41.5 Å². The number of benzene rings is 2. The maximum Gasteiger partial charge on any atom is 0.315 e. The van der Waals surface area contributed by atoms with Gasteiger partial charge < -0.3 is 14.9 Å². The van der Waals surface area contributed by atoms with Gasteiger partial charge >= 0.3 is 5.69 Å². The molecule has 2 aromatic rings. The summed E-state index contributed by atoms with van der Waals surface area (Å²) >= 11 is 0. The number of phenolic OH excluding ortho intramolecular Hbond substituents is 2. The van der Waals surface area contributed by atoms with Crippen molar-refractivity contribution in [1.29, 1.82) is 0 Å². The third kappa shape index (κ3) is 4.22. The minimum Gasteiger partial charge on any atom is -0.507 e. The van der Waals surface area contributed by atoms with Crippen molar-refractivity contribution in [2.45, 2.75) is 6.92 Å². The van der Waals surface area contributed by atoms with Crippen molar-refractivity contribution < 1.29 is 24.7 Å². The van der Waals surface area contributed by atoms with Gasteiger partial charge in [0.2, 0.25) is 5.75 Å². The number of nitro benzene ring substituents is 1. The summed E-state index contributed by atoms with van der Waals surface area (Å²) in [5.41, 5.74) is 1.93. The molecule has 0 fully saturated rings. The quantitative estimate of drug-likeness (QED) is 0.417. The first-order chi connectivity index (χ1) is 11.9. The van der Waals surface area contributed by atoms with Crippen LogP contribution in [0, 0.1) is 10.1 Å². The van der Waals surface area contributed by atoms with Crippen molar-refractivity contribution >= 4 is 17.8 Å². The number of phenols is 2. The minimum atomic E-state index is -0.754. The van der Waals surface area contributed by atoms with E-state index in [1.807, 2.05) is 0 Å². The smallest absolute Gasteiger partial charge is 0.315 e. The van der Waals surface area contributed by atoms with Gasteiger partial charge in [0, 0.05) is 11.6 Å². The lowest BCUT2D eigenvalue weighted by atomic mass is 10.2. The van der Waals surface area contributed by atoms with E-state index in [1.54, 1.807) is 19.1 Å². The van der Waals surface area contributed by atoms with E-state index in [0.29, 0.717) is 0 Å². The van der Waals surface area contributed by atoms with Crippen LogP contribution in [0.25, 0.3) is 0 Å². The molecule has 0 saturated carbocycles. The number of para-hydroxylation sites is 1. The zero-order chi connectivity index (χ0) is 18.4. The molecule has 0 heterocycles. The largest absolute Gasteiger partial charge is 0.507 e. The Morgan fingerprint density at radius 2 is 2.08 bits per heavy atom. The maximum atomic E-state index is 11.9. The van der Waals surface area contributed by atoms with Gasteiger partial charge in [-0.2, -0.15) is 5.10 Å². The van der Waals surface area contributed by atoms with Crippen molar-refractivity contribution in [2.75, 3.05) is 6.61 Å². The second-order valence-corrected chi connectivity index (χ2v) is 4.79. The monoisotopic (exact) mass is 345 g/mol. The minimum absolute atomic E-state index is 0.0337. The van der Waals surface area contributed by atoms with E-state index in [0.717, 1.165) is 12.3 Å². The number of hydrazone groups is 1. The summed E-state index contributed by atoms with van der Waals surface area (Å²) in [7, 11) is 0. The molecule has 2 aromatic carbocycles. The van der Waals surface area contributed by atoms with Gasteiger partial charge in [-0.25, -0.2) is 5.43 Å². The molecule has 130 valence electrons. The number of carbonyl (C=O) groups excluding carboxylic acids is 1. The van der Waals surface area contributed by atoms with E-state index in [9.17, 15) is 25.1 Å². The van der Waals surface area contributed by atoms with Gasteiger partial charge in [-0.15, -0.1) is 0 Å². The third-order valence-corrected chi connectivity index (χ3v) is 3.10. The Labute approximate surface area is 142 Å². The summed E-state index contributed by atoms with van der Waals surface area (Å²) in [4.78, 5) is 22.1. The molecule has 2 rings (SSSR count). The second kappa shape index (κ2) is 7.77. The standard InChI is InChI=1S/C16H15N3O6/c1-2-25-14-8-10(7-12(15(14)21)19(23)24)9-17-18-16(22)11-5-3-4-6-13(11)20/h3-9,20-21H,2H2,1H3,(H,18,22). The molecule has 0 unspecified atom stereocenters. The van der Waals surface area contributed by atoms with Gasteiger partial charge in [0.15, 0.2) is 5.75 Å². The number of hydrogen-bond donors (Lipinski definition) is 3. The molecule has 0 aliphatic carbocycles. The molecule has 0 spiro atoms. The first-order valence-electron chi connectivity index (χ1n) is 7.19. The predicted octanol–water partition coefficient (Wildman–Crippen LogP) is 2.17. The molecule has 0 aliphatic heterocycles. The van der Waals surface area contributed by atoms with Gasteiger partial charge in [0.05, 0.1) is 23.3 Å². The number of carbonyl (C=O) groups is 1. The Morgan fingerprint density at radius 1 is 1.36 bits per heavy atom. The van der Waals surface area contributed by atoms with Gasteiger partial charge in [0.25, 0.3) is 5.91 Å². The van der Waals surface area contributed by atoms with Crippen LogP contribution in [0.5, 0.6) is 17.2 Å². The molecular formula is C16H15N3O6. The van der Waals surface area contributed by atoms with Crippen LogP contribution in [-0.4, -0.2) is 33.9 Å².